The van der Waals surface area contributed by atoms with Gasteiger partial charge < -0.3 is 9.47 Å². The monoisotopic (exact) mass is 346 g/mol. The van der Waals surface area contributed by atoms with Gasteiger partial charge in [-0.05, 0) is 31.6 Å². The Labute approximate surface area is 144 Å². The predicted octanol–water partition coefficient (Wildman–Crippen LogP) is 2.99. The summed E-state index contributed by atoms with van der Waals surface area (Å²) in [7, 11) is 0. The Morgan fingerprint density at radius 1 is 1.24 bits per heavy atom. The third-order valence-electron chi connectivity index (χ3n) is 4.98. The van der Waals surface area contributed by atoms with E-state index in [2.05, 4.69) is 14.5 Å². The molecule has 1 aliphatic heterocycles. The maximum absolute atomic E-state index is 13.9. The number of hydrogen-bond donors (Lipinski definition) is 0. The van der Waals surface area contributed by atoms with Gasteiger partial charge >= 0.3 is 0 Å². The summed E-state index contributed by atoms with van der Waals surface area (Å²) >= 11 is 0. The molecule has 25 heavy (non-hydrogen) atoms. The standard InChI is InChI=1S/C18H20F2N4O/c19-14-8-15(20)16(22-9-14)18(25)24-6-1-2-13(11-24)17-21-5-7-23(17)10-12-3-4-12/h5,7-9,12-13H,1-4,6,10-11H2/t13-/m0/s1. The lowest BCUT2D eigenvalue weighted by atomic mass is 9.96. The molecule has 5 nitrogen and oxygen atoms in total. The average molecular weight is 346 g/mol. The van der Waals surface area contributed by atoms with Gasteiger partial charge in [0.1, 0.15) is 11.6 Å². The van der Waals surface area contributed by atoms with Crippen molar-refractivity contribution in [2.45, 2.75) is 38.1 Å². The molecule has 0 bridgehead atoms. The van der Waals surface area contributed by atoms with Gasteiger partial charge in [0.25, 0.3) is 5.91 Å². The Morgan fingerprint density at radius 3 is 2.84 bits per heavy atom. The molecule has 2 fully saturated rings. The molecule has 2 aromatic rings. The third kappa shape index (κ3) is 3.41. The quantitative estimate of drug-likeness (QED) is 0.855. The Morgan fingerprint density at radius 2 is 2.08 bits per heavy atom. The van der Waals surface area contributed by atoms with Crippen LogP contribution in [0, 0.1) is 17.6 Å². The van der Waals surface area contributed by atoms with Gasteiger partial charge in [0, 0.05) is 44.0 Å². The minimum Gasteiger partial charge on any atom is -0.336 e. The second kappa shape index (κ2) is 6.54. The van der Waals surface area contributed by atoms with Crippen LogP contribution in [0.4, 0.5) is 8.78 Å². The Bertz CT molecular complexity index is 787. The van der Waals surface area contributed by atoms with Crippen molar-refractivity contribution < 1.29 is 13.6 Å². The number of hydrogen-bond acceptors (Lipinski definition) is 3. The molecule has 132 valence electrons. The maximum Gasteiger partial charge on any atom is 0.275 e. The van der Waals surface area contributed by atoms with Crippen LogP contribution in [0.2, 0.25) is 0 Å². The van der Waals surface area contributed by atoms with Gasteiger partial charge in [0.2, 0.25) is 0 Å². The van der Waals surface area contributed by atoms with Crippen molar-refractivity contribution in [3.8, 4) is 0 Å². The van der Waals surface area contributed by atoms with E-state index in [1.54, 1.807) is 11.1 Å². The fourth-order valence-electron chi connectivity index (χ4n) is 3.51. The molecule has 0 radical (unpaired) electrons. The van der Waals surface area contributed by atoms with Gasteiger partial charge in [0.05, 0.1) is 6.20 Å². The first-order chi connectivity index (χ1) is 12.1. The van der Waals surface area contributed by atoms with Crippen molar-refractivity contribution in [1.29, 1.82) is 0 Å². The summed E-state index contributed by atoms with van der Waals surface area (Å²) in [6.45, 7) is 2.02. The zero-order valence-corrected chi connectivity index (χ0v) is 13.9. The molecule has 7 heteroatoms. The summed E-state index contributed by atoms with van der Waals surface area (Å²) in [6.07, 6.45) is 8.99. The van der Waals surface area contributed by atoms with E-state index < -0.39 is 17.5 Å². The number of carbonyl (C=O) groups is 1. The van der Waals surface area contributed by atoms with Crippen molar-refractivity contribution in [3.63, 3.8) is 0 Å². The summed E-state index contributed by atoms with van der Waals surface area (Å²) < 4.78 is 29.1. The maximum atomic E-state index is 13.9. The van der Waals surface area contributed by atoms with Crippen LogP contribution in [-0.2, 0) is 6.54 Å². The number of halogens is 2. The molecule has 4 rings (SSSR count). The number of nitrogens with zero attached hydrogens (tertiary/aromatic N) is 4. The van der Waals surface area contributed by atoms with Crippen molar-refractivity contribution in [2.75, 3.05) is 13.1 Å². The van der Waals surface area contributed by atoms with E-state index in [9.17, 15) is 13.6 Å². The molecule has 1 saturated carbocycles. The van der Waals surface area contributed by atoms with Crippen molar-refractivity contribution >= 4 is 5.91 Å². The van der Waals surface area contributed by atoms with E-state index in [0.717, 1.165) is 37.3 Å². The lowest BCUT2D eigenvalue weighted by Gasteiger charge is -2.32. The highest BCUT2D eigenvalue weighted by molar-refractivity contribution is 5.92. The van der Waals surface area contributed by atoms with Crippen molar-refractivity contribution in [2.24, 2.45) is 5.92 Å². The van der Waals surface area contributed by atoms with E-state index in [4.69, 9.17) is 0 Å². The van der Waals surface area contributed by atoms with Crippen LogP contribution >= 0.6 is 0 Å². The fourth-order valence-corrected chi connectivity index (χ4v) is 3.51. The lowest BCUT2D eigenvalue weighted by Crippen LogP contribution is -2.40. The molecular weight excluding hydrogens is 326 g/mol. The molecule has 0 unspecified atom stereocenters. The fraction of sp³-hybridized carbons (Fsp3) is 0.500. The number of amides is 1. The average Bonchev–Trinajstić information content (AvgIpc) is 3.30. The first-order valence-corrected chi connectivity index (χ1v) is 8.73. The number of imidazole rings is 1. The molecular formula is C18H20F2N4O. The first-order valence-electron chi connectivity index (χ1n) is 8.73. The number of pyridine rings is 1. The Balaban J connectivity index is 1.50. The first kappa shape index (κ1) is 16.2. The molecule has 0 N–H and O–H groups in total. The largest absolute Gasteiger partial charge is 0.336 e. The van der Waals surface area contributed by atoms with E-state index in [0.29, 0.717) is 19.2 Å². The minimum absolute atomic E-state index is 0.134. The molecule has 1 atom stereocenters. The Hall–Kier alpha value is -2.31. The molecule has 1 aliphatic carbocycles. The summed E-state index contributed by atoms with van der Waals surface area (Å²) in [5, 5.41) is 0. The van der Waals surface area contributed by atoms with Crippen LogP contribution < -0.4 is 0 Å². The second-order valence-corrected chi connectivity index (χ2v) is 6.96. The predicted molar refractivity (Wildman–Crippen MR) is 87.0 cm³/mol. The van der Waals surface area contributed by atoms with Crippen LogP contribution in [0.15, 0.2) is 24.7 Å². The zero-order chi connectivity index (χ0) is 17.4. The highest BCUT2D eigenvalue weighted by Gasteiger charge is 2.31. The number of carbonyl (C=O) groups excluding carboxylic acids is 1. The molecule has 1 amide bonds. The van der Waals surface area contributed by atoms with Gasteiger partial charge in [-0.2, -0.15) is 0 Å². The third-order valence-corrected chi connectivity index (χ3v) is 4.98. The van der Waals surface area contributed by atoms with E-state index in [1.165, 1.54) is 12.8 Å². The van der Waals surface area contributed by atoms with Gasteiger partial charge in [-0.15, -0.1) is 0 Å². The van der Waals surface area contributed by atoms with Crippen LogP contribution in [0.1, 0.15) is 47.9 Å². The van der Waals surface area contributed by atoms with Crippen LogP contribution in [0.3, 0.4) is 0 Å². The van der Waals surface area contributed by atoms with Crippen molar-refractivity contribution in [1.82, 2.24) is 19.4 Å². The summed E-state index contributed by atoms with van der Waals surface area (Å²) in [6, 6.07) is 0.698. The normalized spacial score (nSPS) is 20.7. The Kier molecular flexibility index (Phi) is 4.23. The zero-order valence-electron chi connectivity index (χ0n) is 13.9. The number of likely N-dealkylation sites (tertiary alicyclic amines) is 1. The molecule has 3 heterocycles. The lowest BCUT2D eigenvalue weighted by molar-refractivity contribution is 0.0691. The van der Waals surface area contributed by atoms with Crippen LogP contribution in [0.5, 0.6) is 0 Å². The van der Waals surface area contributed by atoms with Crippen LogP contribution in [0.25, 0.3) is 0 Å². The van der Waals surface area contributed by atoms with Crippen LogP contribution in [-0.4, -0.2) is 38.4 Å². The topological polar surface area (TPSA) is 51.0 Å². The van der Waals surface area contributed by atoms with Gasteiger partial charge in [-0.1, -0.05) is 0 Å². The number of rotatable bonds is 4. The van der Waals surface area contributed by atoms with E-state index in [1.807, 2.05) is 6.20 Å². The molecule has 0 spiro atoms. The second-order valence-electron chi connectivity index (χ2n) is 6.96. The highest BCUT2D eigenvalue weighted by atomic mass is 19.1. The number of aromatic nitrogens is 3. The van der Waals surface area contributed by atoms with E-state index in [-0.39, 0.29) is 11.6 Å². The molecule has 2 aromatic heterocycles. The smallest absolute Gasteiger partial charge is 0.275 e. The summed E-state index contributed by atoms with van der Waals surface area (Å²) in [5.41, 5.74) is -0.316. The summed E-state index contributed by atoms with van der Waals surface area (Å²) in [5.74, 6) is -0.309. The van der Waals surface area contributed by atoms with Gasteiger partial charge in [0.15, 0.2) is 11.5 Å². The van der Waals surface area contributed by atoms with Gasteiger partial charge in [-0.25, -0.2) is 18.7 Å². The summed E-state index contributed by atoms with van der Waals surface area (Å²) in [4.78, 5) is 22.3. The molecule has 0 aromatic carbocycles. The molecule has 2 aliphatic rings. The molecule has 1 saturated heterocycles. The minimum atomic E-state index is -0.914. The van der Waals surface area contributed by atoms with E-state index >= 15 is 0 Å². The SMILES string of the molecule is O=C(c1ncc(F)cc1F)N1CCC[C@H](c2nccn2CC2CC2)C1. The van der Waals surface area contributed by atoms with Gasteiger partial charge in [-0.3, -0.25) is 4.79 Å². The number of piperidine rings is 1. The highest BCUT2D eigenvalue weighted by Crippen LogP contribution is 2.33. The van der Waals surface area contributed by atoms with Crippen molar-refractivity contribution in [3.05, 3.63) is 47.8 Å².